The topological polar surface area (TPSA) is 26.3 Å². The first kappa shape index (κ1) is 12.4. The zero-order valence-corrected chi connectivity index (χ0v) is 10.9. The van der Waals surface area contributed by atoms with Crippen LogP contribution >= 0.6 is 0 Å². The molecule has 0 aliphatic carbocycles. The predicted octanol–water partition coefficient (Wildman–Crippen LogP) is 3.84. The smallest absolute Gasteiger partial charge is 0.155 e. The second-order valence-electron chi connectivity index (χ2n) is 4.29. The van der Waals surface area contributed by atoms with Crippen molar-refractivity contribution in [1.29, 1.82) is 0 Å². The molecule has 92 valence electrons. The Morgan fingerprint density at radius 3 is 2.33 bits per heavy atom. The highest BCUT2D eigenvalue weighted by Gasteiger charge is 2.05. The van der Waals surface area contributed by atoms with E-state index in [-0.39, 0.29) is 5.78 Å². The van der Waals surface area contributed by atoms with E-state index in [0.29, 0.717) is 0 Å². The van der Waals surface area contributed by atoms with Crippen molar-refractivity contribution in [2.24, 2.45) is 0 Å². The van der Waals surface area contributed by atoms with Crippen LogP contribution in [0.4, 0.5) is 0 Å². The molecule has 0 fully saturated rings. The van der Waals surface area contributed by atoms with Gasteiger partial charge in [-0.25, -0.2) is 0 Å². The van der Waals surface area contributed by atoms with Gasteiger partial charge in [0, 0.05) is 5.39 Å². The van der Waals surface area contributed by atoms with Gasteiger partial charge in [0.05, 0.1) is 7.11 Å². The van der Waals surface area contributed by atoms with Gasteiger partial charge in [-0.3, -0.25) is 4.79 Å². The lowest BCUT2D eigenvalue weighted by Crippen LogP contribution is -1.92. The molecular weight excluding hydrogens is 224 g/mol. The standard InChI is InChI=1S/C16H16O2/c1-11(12(2)17)10-13-8-9-16(18-3)15-7-5-4-6-14(13)15/h4-10H,1-3H3/b11-10-. The number of fused-ring (bicyclic) bond motifs is 1. The summed E-state index contributed by atoms with van der Waals surface area (Å²) in [4.78, 5) is 11.3. The van der Waals surface area contributed by atoms with E-state index in [1.54, 1.807) is 14.0 Å². The Bertz CT molecular complexity index is 624. The third-order valence-corrected chi connectivity index (χ3v) is 3.07. The highest BCUT2D eigenvalue weighted by molar-refractivity contribution is 6.01. The van der Waals surface area contributed by atoms with Crippen LogP contribution in [-0.2, 0) is 4.79 Å². The Balaban J connectivity index is 2.67. The number of carbonyl (C=O) groups excluding carboxylic acids is 1. The number of carbonyl (C=O) groups is 1. The molecule has 0 spiro atoms. The van der Waals surface area contributed by atoms with Gasteiger partial charge in [-0.05, 0) is 42.5 Å². The molecule has 0 saturated heterocycles. The lowest BCUT2D eigenvalue weighted by molar-refractivity contribution is -0.113. The molecule has 2 rings (SSSR count). The van der Waals surface area contributed by atoms with Crippen LogP contribution in [0.1, 0.15) is 19.4 Å². The number of ketones is 1. The van der Waals surface area contributed by atoms with Gasteiger partial charge < -0.3 is 4.74 Å². The molecule has 0 radical (unpaired) electrons. The first-order valence-electron chi connectivity index (χ1n) is 5.88. The van der Waals surface area contributed by atoms with Gasteiger partial charge in [-0.15, -0.1) is 0 Å². The van der Waals surface area contributed by atoms with E-state index in [4.69, 9.17) is 4.74 Å². The van der Waals surface area contributed by atoms with Gasteiger partial charge in [-0.1, -0.05) is 30.3 Å². The monoisotopic (exact) mass is 240 g/mol. The minimum atomic E-state index is 0.0925. The van der Waals surface area contributed by atoms with E-state index < -0.39 is 0 Å². The summed E-state index contributed by atoms with van der Waals surface area (Å²) in [5.41, 5.74) is 1.80. The quantitative estimate of drug-likeness (QED) is 0.762. The van der Waals surface area contributed by atoms with Crippen molar-refractivity contribution in [3.05, 3.63) is 47.5 Å². The van der Waals surface area contributed by atoms with Gasteiger partial charge in [-0.2, -0.15) is 0 Å². The van der Waals surface area contributed by atoms with Crippen LogP contribution in [0.2, 0.25) is 0 Å². The first-order chi connectivity index (χ1) is 8.63. The molecule has 2 nitrogen and oxygen atoms in total. The van der Waals surface area contributed by atoms with Crippen LogP contribution in [-0.4, -0.2) is 12.9 Å². The number of benzene rings is 2. The number of allylic oxidation sites excluding steroid dienone is 1. The molecule has 0 amide bonds. The van der Waals surface area contributed by atoms with Gasteiger partial charge in [0.15, 0.2) is 5.78 Å². The first-order valence-corrected chi connectivity index (χ1v) is 5.88. The number of rotatable bonds is 3. The highest BCUT2D eigenvalue weighted by atomic mass is 16.5. The summed E-state index contributed by atoms with van der Waals surface area (Å²) >= 11 is 0. The van der Waals surface area contributed by atoms with Gasteiger partial charge in [0.25, 0.3) is 0 Å². The number of methoxy groups -OCH3 is 1. The largest absolute Gasteiger partial charge is 0.496 e. The van der Waals surface area contributed by atoms with E-state index in [1.165, 1.54) is 0 Å². The molecule has 0 aromatic heterocycles. The second-order valence-corrected chi connectivity index (χ2v) is 4.29. The molecule has 18 heavy (non-hydrogen) atoms. The summed E-state index contributed by atoms with van der Waals surface area (Å²) in [7, 11) is 1.66. The van der Waals surface area contributed by atoms with Gasteiger partial charge in [0.1, 0.15) is 5.75 Å². The number of Topliss-reactive ketones (excluding diaryl/α,β-unsaturated/α-hetero) is 1. The van der Waals surface area contributed by atoms with Crippen LogP contribution in [0.5, 0.6) is 5.75 Å². The summed E-state index contributed by atoms with van der Waals surface area (Å²) in [5, 5.41) is 2.16. The Kier molecular flexibility index (Phi) is 3.47. The Hall–Kier alpha value is -2.09. The zero-order chi connectivity index (χ0) is 13.1. The average Bonchev–Trinajstić information content (AvgIpc) is 2.39. The van der Waals surface area contributed by atoms with Crippen molar-refractivity contribution in [1.82, 2.24) is 0 Å². The van der Waals surface area contributed by atoms with Crippen molar-refractivity contribution in [2.45, 2.75) is 13.8 Å². The van der Waals surface area contributed by atoms with Crippen LogP contribution in [0.25, 0.3) is 16.8 Å². The summed E-state index contributed by atoms with van der Waals surface area (Å²) in [5.74, 6) is 0.943. The third-order valence-electron chi connectivity index (χ3n) is 3.07. The maximum Gasteiger partial charge on any atom is 0.155 e. The van der Waals surface area contributed by atoms with E-state index in [9.17, 15) is 4.79 Å². The van der Waals surface area contributed by atoms with Crippen molar-refractivity contribution in [2.75, 3.05) is 7.11 Å². The van der Waals surface area contributed by atoms with E-state index >= 15 is 0 Å². The average molecular weight is 240 g/mol. The van der Waals surface area contributed by atoms with Gasteiger partial charge in [0.2, 0.25) is 0 Å². The Morgan fingerprint density at radius 2 is 1.72 bits per heavy atom. The SMILES string of the molecule is COc1ccc(/C=C(/C)C(C)=O)c2ccccc12. The van der Waals surface area contributed by atoms with E-state index in [0.717, 1.165) is 27.7 Å². The van der Waals surface area contributed by atoms with Crippen LogP contribution in [0.3, 0.4) is 0 Å². The maximum atomic E-state index is 11.3. The molecule has 0 N–H and O–H groups in total. The summed E-state index contributed by atoms with van der Waals surface area (Å²) in [6, 6.07) is 11.9. The molecule has 0 bridgehead atoms. The summed E-state index contributed by atoms with van der Waals surface area (Å²) < 4.78 is 5.35. The normalized spacial score (nSPS) is 11.6. The molecule has 2 aromatic rings. The van der Waals surface area contributed by atoms with Crippen molar-refractivity contribution in [3.8, 4) is 5.75 Å². The maximum absolute atomic E-state index is 11.3. The predicted molar refractivity (Wildman–Crippen MR) is 74.8 cm³/mol. The molecule has 2 aromatic carbocycles. The fraction of sp³-hybridized carbons (Fsp3) is 0.188. The van der Waals surface area contributed by atoms with E-state index in [2.05, 4.69) is 0 Å². The Morgan fingerprint density at radius 1 is 1.06 bits per heavy atom. The fourth-order valence-corrected chi connectivity index (χ4v) is 1.93. The van der Waals surface area contributed by atoms with Crippen LogP contribution < -0.4 is 4.74 Å². The molecule has 2 heteroatoms. The molecule has 0 atom stereocenters. The fourth-order valence-electron chi connectivity index (χ4n) is 1.93. The van der Waals surface area contributed by atoms with Crippen LogP contribution in [0.15, 0.2) is 42.0 Å². The molecule has 0 saturated carbocycles. The summed E-state index contributed by atoms with van der Waals surface area (Å²) in [6.45, 7) is 3.42. The van der Waals surface area contributed by atoms with E-state index in [1.807, 2.05) is 49.4 Å². The Labute approximate surface area is 107 Å². The molecular formula is C16H16O2. The number of hydrogen-bond acceptors (Lipinski definition) is 2. The molecule has 0 heterocycles. The second kappa shape index (κ2) is 5.05. The lowest BCUT2D eigenvalue weighted by Gasteiger charge is -2.08. The van der Waals surface area contributed by atoms with Crippen molar-refractivity contribution < 1.29 is 9.53 Å². The lowest BCUT2D eigenvalue weighted by atomic mass is 10.0. The highest BCUT2D eigenvalue weighted by Crippen LogP contribution is 2.29. The summed E-state index contributed by atoms with van der Waals surface area (Å²) in [6.07, 6.45) is 1.92. The third kappa shape index (κ3) is 2.28. The molecule has 0 unspecified atom stereocenters. The van der Waals surface area contributed by atoms with Crippen molar-refractivity contribution in [3.63, 3.8) is 0 Å². The number of ether oxygens (including phenoxy) is 1. The van der Waals surface area contributed by atoms with Crippen LogP contribution in [0, 0.1) is 0 Å². The number of hydrogen-bond donors (Lipinski definition) is 0. The zero-order valence-electron chi connectivity index (χ0n) is 10.9. The minimum absolute atomic E-state index is 0.0925. The molecule has 0 aliphatic rings. The van der Waals surface area contributed by atoms with Gasteiger partial charge >= 0.3 is 0 Å². The van der Waals surface area contributed by atoms with Crippen molar-refractivity contribution >= 4 is 22.6 Å². The minimum Gasteiger partial charge on any atom is -0.496 e. The molecule has 0 aliphatic heterocycles.